The smallest absolute Gasteiger partial charge is 0.289 e. The van der Waals surface area contributed by atoms with Crippen LogP contribution in [0.2, 0.25) is 0 Å². The van der Waals surface area contributed by atoms with Gasteiger partial charge in [0.1, 0.15) is 5.76 Å². The molecule has 0 atom stereocenters. The maximum Gasteiger partial charge on any atom is 0.289 e. The van der Waals surface area contributed by atoms with Crippen molar-refractivity contribution < 1.29 is 9.21 Å². The van der Waals surface area contributed by atoms with Crippen LogP contribution in [0.4, 0.5) is 0 Å². The minimum absolute atomic E-state index is 0.0277. The first-order chi connectivity index (χ1) is 12.1. The quantitative estimate of drug-likeness (QED) is 0.784. The molecule has 3 rings (SSSR count). The van der Waals surface area contributed by atoms with Crippen molar-refractivity contribution in [3.05, 3.63) is 53.8 Å². The highest BCUT2D eigenvalue weighted by Gasteiger charge is 2.22. The Balaban J connectivity index is 1.64. The van der Waals surface area contributed by atoms with Gasteiger partial charge in [-0.15, -0.1) is 6.58 Å². The number of carbonyl (C=O) groups excluding carboxylic acids is 1. The Morgan fingerprint density at radius 3 is 2.84 bits per heavy atom. The summed E-state index contributed by atoms with van der Waals surface area (Å²) in [6.45, 7) is 12.5. The highest BCUT2D eigenvalue weighted by molar-refractivity contribution is 5.91. The molecule has 1 aliphatic heterocycles. The Morgan fingerprint density at radius 1 is 1.28 bits per heavy atom. The van der Waals surface area contributed by atoms with Gasteiger partial charge in [0.2, 0.25) is 0 Å². The SMILES string of the molecule is C=CCN1CCCN(C(=O)c2ccc(Cn3nc(C)cc3C)o2)CC1. The predicted molar refractivity (Wildman–Crippen MR) is 96.7 cm³/mol. The third-order valence-corrected chi connectivity index (χ3v) is 4.54. The second kappa shape index (κ2) is 7.70. The Hall–Kier alpha value is -2.34. The van der Waals surface area contributed by atoms with Gasteiger partial charge in [-0.1, -0.05) is 6.08 Å². The lowest BCUT2D eigenvalue weighted by atomic mass is 10.3. The Bertz CT molecular complexity index is 746. The molecule has 0 bridgehead atoms. The Morgan fingerprint density at radius 2 is 2.12 bits per heavy atom. The number of aromatic nitrogens is 2. The van der Waals surface area contributed by atoms with Crippen LogP contribution in [0.3, 0.4) is 0 Å². The van der Waals surface area contributed by atoms with E-state index in [-0.39, 0.29) is 5.91 Å². The molecule has 2 aromatic heterocycles. The van der Waals surface area contributed by atoms with E-state index in [1.54, 1.807) is 6.07 Å². The van der Waals surface area contributed by atoms with E-state index in [4.69, 9.17) is 4.42 Å². The number of hydrogen-bond acceptors (Lipinski definition) is 4. The molecule has 6 heteroatoms. The number of nitrogens with zero attached hydrogens (tertiary/aromatic N) is 4. The summed E-state index contributed by atoms with van der Waals surface area (Å²) < 4.78 is 7.69. The maximum atomic E-state index is 12.7. The van der Waals surface area contributed by atoms with E-state index >= 15 is 0 Å². The van der Waals surface area contributed by atoms with E-state index in [0.717, 1.165) is 56.3 Å². The van der Waals surface area contributed by atoms with Crippen LogP contribution in [-0.2, 0) is 6.54 Å². The van der Waals surface area contributed by atoms with E-state index in [1.165, 1.54) is 0 Å². The van der Waals surface area contributed by atoms with Gasteiger partial charge in [-0.05, 0) is 38.5 Å². The lowest BCUT2D eigenvalue weighted by molar-refractivity contribution is 0.0728. The highest BCUT2D eigenvalue weighted by Crippen LogP contribution is 2.15. The number of carbonyl (C=O) groups is 1. The van der Waals surface area contributed by atoms with Crippen molar-refractivity contribution in [2.45, 2.75) is 26.8 Å². The fourth-order valence-corrected chi connectivity index (χ4v) is 3.26. The maximum absolute atomic E-state index is 12.7. The molecule has 1 aliphatic rings. The molecular weight excluding hydrogens is 316 g/mol. The van der Waals surface area contributed by atoms with E-state index in [9.17, 15) is 4.79 Å². The average Bonchev–Trinajstić information content (AvgIpc) is 3.08. The third kappa shape index (κ3) is 4.20. The van der Waals surface area contributed by atoms with Gasteiger partial charge in [-0.3, -0.25) is 14.4 Å². The summed E-state index contributed by atoms with van der Waals surface area (Å²) >= 11 is 0. The summed E-state index contributed by atoms with van der Waals surface area (Å²) in [5.74, 6) is 1.13. The van der Waals surface area contributed by atoms with Crippen LogP contribution in [0.25, 0.3) is 0 Å². The molecule has 6 nitrogen and oxygen atoms in total. The first-order valence-corrected chi connectivity index (χ1v) is 8.79. The van der Waals surface area contributed by atoms with Gasteiger partial charge in [0.25, 0.3) is 5.91 Å². The van der Waals surface area contributed by atoms with Crippen molar-refractivity contribution in [1.29, 1.82) is 0 Å². The number of hydrogen-bond donors (Lipinski definition) is 0. The summed E-state index contributed by atoms with van der Waals surface area (Å²) in [6.07, 6.45) is 2.88. The molecule has 0 aromatic carbocycles. The van der Waals surface area contributed by atoms with Crippen LogP contribution >= 0.6 is 0 Å². The molecule has 0 N–H and O–H groups in total. The molecule has 2 aromatic rings. The number of aryl methyl sites for hydroxylation is 2. The van der Waals surface area contributed by atoms with Crippen LogP contribution in [-0.4, -0.2) is 58.2 Å². The lowest BCUT2D eigenvalue weighted by Crippen LogP contribution is -2.35. The van der Waals surface area contributed by atoms with E-state index < -0.39 is 0 Å². The topological polar surface area (TPSA) is 54.5 Å². The molecule has 3 heterocycles. The molecule has 25 heavy (non-hydrogen) atoms. The lowest BCUT2D eigenvalue weighted by Gasteiger charge is -2.20. The van der Waals surface area contributed by atoms with Crippen LogP contribution in [0, 0.1) is 13.8 Å². The average molecular weight is 342 g/mol. The monoisotopic (exact) mass is 342 g/mol. The fourth-order valence-electron chi connectivity index (χ4n) is 3.26. The molecule has 0 aliphatic carbocycles. The molecule has 0 saturated carbocycles. The summed E-state index contributed by atoms with van der Waals surface area (Å²) in [7, 11) is 0. The van der Waals surface area contributed by atoms with E-state index in [1.807, 2.05) is 41.6 Å². The summed E-state index contributed by atoms with van der Waals surface area (Å²) in [6, 6.07) is 5.67. The van der Waals surface area contributed by atoms with Gasteiger partial charge in [-0.2, -0.15) is 5.10 Å². The van der Waals surface area contributed by atoms with Crippen molar-refractivity contribution in [3.63, 3.8) is 0 Å². The fraction of sp³-hybridized carbons (Fsp3) is 0.474. The summed E-state index contributed by atoms with van der Waals surface area (Å²) in [5.41, 5.74) is 2.06. The van der Waals surface area contributed by atoms with Gasteiger partial charge >= 0.3 is 0 Å². The van der Waals surface area contributed by atoms with E-state index in [0.29, 0.717) is 12.3 Å². The highest BCUT2D eigenvalue weighted by atomic mass is 16.4. The van der Waals surface area contributed by atoms with Gasteiger partial charge in [-0.25, -0.2) is 0 Å². The second-order valence-electron chi connectivity index (χ2n) is 6.59. The zero-order chi connectivity index (χ0) is 17.8. The summed E-state index contributed by atoms with van der Waals surface area (Å²) in [5, 5.41) is 4.44. The van der Waals surface area contributed by atoms with Crippen molar-refractivity contribution in [2.75, 3.05) is 32.7 Å². The molecule has 1 fully saturated rings. The Labute approximate surface area is 148 Å². The van der Waals surface area contributed by atoms with Crippen LogP contribution in [0.5, 0.6) is 0 Å². The van der Waals surface area contributed by atoms with Gasteiger partial charge in [0, 0.05) is 38.4 Å². The van der Waals surface area contributed by atoms with Crippen molar-refractivity contribution in [1.82, 2.24) is 19.6 Å². The van der Waals surface area contributed by atoms with Gasteiger partial charge in [0.15, 0.2) is 5.76 Å². The molecule has 1 saturated heterocycles. The summed E-state index contributed by atoms with van der Waals surface area (Å²) in [4.78, 5) is 16.9. The number of rotatable bonds is 5. The van der Waals surface area contributed by atoms with Crippen LogP contribution in [0.1, 0.15) is 34.1 Å². The van der Waals surface area contributed by atoms with Gasteiger partial charge in [0.05, 0.1) is 12.2 Å². The molecule has 0 unspecified atom stereocenters. The van der Waals surface area contributed by atoms with Crippen molar-refractivity contribution in [2.24, 2.45) is 0 Å². The second-order valence-corrected chi connectivity index (χ2v) is 6.59. The largest absolute Gasteiger partial charge is 0.454 e. The minimum Gasteiger partial charge on any atom is -0.454 e. The first kappa shape index (κ1) is 17.5. The molecule has 0 radical (unpaired) electrons. The van der Waals surface area contributed by atoms with Crippen molar-refractivity contribution in [3.8, 4) is 0 Å². The van der Waals surface area contributed by atoms with Crippen LogP contribution in [0.15, 0.2) is 35.3 Å². The normalized spacial score (nSPS) is 16.0. The molecule has 134 valence electrons. The zero-order valence-electron chi connectivity index (χ0n) is 15.1. The van der Waals surface area contributed by atoms with Crippen LogP contribution < -0.4 is 0 Å². The Kier molecular flexibility index (Phi) is 5.38. The molecular formula is C19H26N4O2. The zero-order valence-corrected chi connectivity index (χ0v) is 15.1. The molecule has 1 amide bonds. The molecule has 0 spiro atoms. The van der Waals surface area contributed by atoms with Gasteiger partial charge < -0.3 is 9.32 Å². The number of furan rings is 1. The number of amides is 1. The van der Waals surface area contributed by atoms with Crippen molar-refractivity contribution >= 4 is 5.91 Å². The first-order valence-electron chi connectivity index (χ1n) is 8.79. The predicted octanol–water partition coefficient (Wildman–Crippen LogP) is 2.48. The standard InChI is InChI=1S/C19H26N4O2/c1-4-8-21-9-5-10-22(12-11-21)19(24)18-7-6-17(25-18)14-23-16(3)13-15(2)20-23/h4,6-7,13H,1,5,8-12,14H2,2-3H3. The van der Waals surface area contributed by atoms with E-state index in [2.05, 4.69) is 16.6 Å². The third-order valence-electron chi connectivity index (χ3n) is 4.54. The minimum atomic E-state index is -0.0277.